The predicted octanol–water partition coefficient (Wildman–Crippen LogP) is 2.08. The first-order valence-electron chi connectivity index (χ1n) is 6.85. The number of anilines is 1. The lowest BCUT2D eigenvalue weighted by Crippen LogP contribution is -2.33. The van der Waals surface area contributed by atoms with Crippen LogP contribution in [0.15, 0.2) is 23.6 Å². The van der Waals surface area contributed by atoms with E-state index in [1.54, 1.807) is 14.1 Å². The number of amides is 3. The number of carbonyl (C=O) groups excluding carboxylic acids is 2. The zero-order valence-corrected chi connectivity index (χ0v) is 13.2. The molecule has 2 N–H and O–H groups in total. The Morgan fingerprint density at radius 1 is 1.45 bits per heavy atom. The summed E-state index contributed by atoms with van der Waals surface area (Å²) in [5.41, 5.74) is 3.72. The minimum Gasteiger partial charge on any atom is -0.331 e. The average Bonchev–Trinajstić information content (AvgIpc) is 3.08. The fraction of sp³-hybridized carbons (Fsp3) is 0.267. The molecule has 0 atom stereocenters. The van der Waals surface area contributed by atoms with Gasteiger partial charge in [-0.3, -0.25) is 4.79 Å². The van der Waals surface area contributed by atoms with Crippen molar-refractivity contribution in [2.75, 3.05) is 19.4 Å². The van der Waals surface area contributed by atoms with Gasteiger partial charge in [0.15, 0.2) is 0 Å². The molecule has 6 nitrogen and oxygen atoms in total. The van der Waals surface area contributed by atoms with E-state index in [9.17, 15) is 9.59 Å². The molecule has 3 amide bonds. The molecule has 0 saturated heterocycles. The molecule has 114 valence electrons. The highest BCUT2D eigenvalue weighted by Gasteiger charge is 2.18. The summed E-state index contributed by atoms with van der Waals surface area (Å²) in [7, 11) is 3.39. The highest BCUT2D eigenvalue weighted by Crippen LogP contribution is 2.29. The van der Waals surface area contributed by atoms with Gasteiger partial charge in [0.2, 0.25) is 5.91 Å². The Morgan fingerprint density at radius 2 is 2.27 bits per heavy atom. The number of thiazole rings is 1. The molecule has 0 fully saturated rings. The molecule has 3 rings (SSSR count). The van der Waals surface area contributed by atoms with E-state index in [0.29, 0.717) is 13.0 Å². The molecule has 1 aromatic carbocycles. The van der Waals surface area contributed by atoms with E-state index >= 15 is 0 Å². The first-order valence-corrected chi connectivity index (χ1v) is 7.73. The second-order valence-electron chi connectivity index (χ2n) is 5.28. The van der Waals surface area contributed by atoms with Crippen LogP contribution in [0, 0.1) is 0 Å². The van der Waals surface area contributed by atoms with Crippen molar-refractivity contribution in [3.8, 4) is 11.3 Å². The topological polar surface area (TPSA) is 74.3 Å². The number of hydrogen-bond donors (Lipinski definition) is 2. The third kappa shape index (κ3) is 2.94. The van der Waals surface area contributed by atoms with Crippen LogP contribution >= 0.6 is 11.3 Å². The molecule has 1 aliphatic rings. The molecular formula is C15H16N4O2S. The fourth-order valence-corrected chi connectivity index (χ4v) is 2.97. The highest BCUT2D eigenvalue weighted by molar-refractivity contribution is 7.09. The number of fused-ring (bicyclic) bond motifs is 1. The lowest BCUT2D eigenvalue weighted by Gasteiger charge is -2.10. The molecule has 1 aromatic heterocycles. The monoisotopic (exact) mass is 316 g/mol. The zero-order valence-electron chi connectivity index (χ0n) is 12.3. The van der Waals surface area contributed by atoms with Crippen molar-refractivity contribution in [3.05, 3.63) is 34.2 Å². The van der Waals surface area contributed by atoms with Crippen LogP contribution in [0.25, 0.3) is 11.3 Å². The molecule has 2 aromatic rings. The van der Waals surface area contributed by atoms with Crippen LogP contribution in [0.2, 0.25) is 0 Å². The molecule has 1 aliphatic heterocycles. The Kier molecular flexibility index (Phi) is 3.81. The van der Waals surface area contributed by atoms with E-state index in [4.69, 9.17) is 0 Å². The van der Waals surface area contributed by atoms with E-state index in [-0.39, 0.29) is 11.9 Å². The Labute approximate surface area is 132 Å². The quantitative estimate of drug-likeness (QED) is 0.910. The molecule has 0 spiro atoms. The summed E-state index contributed by atoms with van der Waals surface area (Å²) in [6.45, 7) is 0.409. The molecule has 0 aliphatic carbocycles. The van der Waals surface area contributed by atoms with E-state index in [2.05, 4.69) is 15.6 Å². The molecule has 7 heteroatoms. The van der Waals surface area contributed by atoms with Gasteiger partial charge in [-0.1, -0.05) is 6.07 Å². The van der Waals surface area contributed by atoms with E-state index in [0.717, 1.165) is 27.5 Å². The molecular weight excluding hydrogens is 300 g/mol. The maximum Gasteiger partial charge on any atom is 0.317 e. The summed E-state index contributed by atoms with van der Waals surface area (Å²) in [4.78, 5) is 28.9. The summed E-state index contributed by atoms with van der Waals surface area (Å²) in [6, 6.07) is 5.70. The van der Waals surface area contributed by atoms with Crippen LogP contribution in [-0.4, -0.2) is 35.9 Å². The summed E-state index contributed by atoms with van der Waals surface area (Å²) < 4.78 is 0. The normalized spacial score (nSPS) is 12.7. The van der Waals surface area contributed by atoms with Crippen LogP contribution in [0.5, 0.6) is 0 Å². The van der Waals surface area contributed by atoms with Gasteiger partial charge < -0.3 is 15.5 Å². The van der Waals surface area contributed by atoms with Gasteiger partial charge in [-0.05, 0) is 17.7 Å². The van der Waals surface area contributed by atoms with Gasteiger partial charge in [0.05, 0.1) is 18.7 Å². The Morgan fingerprint density at radius 3 is 3.05 bits per heavy atom. The minimum atomic E-state index is -0.140. The first kappa shape index (κ1) is 14.5. The summed E-state index contributed by atoms with van der Waals surface area (Å²) in [5.74, 6) is 0.0255. The van der Waals surface area contributed by atoms with E-state index in [1.165, 1.54) is 16.2 Å². The maximum atomic E-state index is 11.5. The molecule has 0 unspecified atom stereocenters. The van der Waals surface area contributed by atoms with Crippen molar-refractivity contribution < 1.29 is 9.59 Å². The van der Waals surface area contributed by atoms with Gasteiger partial charge in [0, 0.05) is 30.7 Å². The maximum absolute atomic E-state index is 11.5. The molecule has 2 heterocycles. The third-order valence-corrected chi connectivity index (χ3v) is 4.22. The largest absolute Gasteiger partial charge is 0.331 e. The van der Waals surface area contributed by atoms with Crippen molar-refractivity contribution >= 4 is 29.0 Å². The Bertz CT molecular complexity index is 739. The van der Waals surface area contributed by atoms with Crippen LogP contribution < -0.4 is 10.6 Å². The average molecular weight is 316 g/mol. The number of nitrogens with one attached hydrogen (secondary N) is 2. The van der Waals surface area contributed by atoms with Gasteiger partial charge in [-0.2, -0.15) is 0 Å². The number of hydrogen-bond acceptors (Lipinski definition) is 4. The molecule has 0 saturated carbocycles. The van der Waals surface area contributed by atoms with Crippen LogP contribution in [-0.2, 0) is 17.8 Å². The SMILES string of the molecule is CN(C)C(=O)NCc1nc(-c2ccc3c(c2)CC(=O)N3)cs1. The van der Waals surface area contributed by atoms with Gasteiger partial charge >= 0.3 is 6.03 Å². The van der Waals surface area contributed by atoms with Crippen molar-refractivity contribution in [1.82, 2.24) is 15.2 Å². The lowest BCUT2D eigenvalue weighted by atomic mass is 10.1. The Hall–Kier alpha value is -2.41. The van der Waals surface area contributed by atoms with Crippen LogP contribution in [0.1, 0.15) is 10.6 Å². The first-order chi connectivity index (χ1) is 10.5. The summed E-state index contributed by atoms with van der Waals surface area (Å²) in [5, 5.41) is 8.42. The minimum absolute atomic E-state index is 0.0255. The summed E-state index contributed by atoms with van der Waals surface area (Å²) >= 11 is 1.50. The number of rotatable bonds is 3. The molecule has 0 radical (unpaired) electrons. The number of benzene rings is 1. The molecule has 0 bridgehead atoms. The number of aromatic nitrogens is 1. The smallest absolute Gasteiger partial charge is 0.317 e. The van der Waals surface area contributed by atoms with E-state index in [1.807, 2.05) is 23.6 Å². The van der Waals surface area contributed by atoms with Gasteiger partial charge in [0.25, 0.3) is 0 Å². The highest BCUT2D eigenvalue weighted by atomic mass is 32.1. The van der Waals surface area contributed by atoms with Crippen LogP contribution in [0.4, 0.5) is 10.5 Å². The van der Waals surface area contributed by atoms with Gasteiger partial charge in [0.1, 0.15) is 5.01 Å². The number of urea groups is 1. The zero-order chi connectivity index (χ0) is 15.7. The van der Waals surface area contributed by atoms with E-state index < -0.39 is 0 Å². The predicted molar refractivity (Wildman–Crippen MR) is 85.8 cm³/mol. The van der Waals surface area contributed by atoms with Gasteiger partial charge in [-0.15, -0.1) is 11.3 Å². The summed E-state index contributed by atoms with van der Waals surface area (Å²) in [6.07, 6.45) is 0.416. The lowest BCUT2D eigenvalue weighted by molar-refractivity contribution is -0.115. The second kappa shape index (κ2) is 5.76. The van der Waals surface area contributed by atoms with Gasteiger partial charge in [-0.25, -0.2) is 9.78 Å². The van der Waals surface area contributed by atoms with Crippen molar-refractivity contribution in [2.45, 2.75) is 13.0 Å². The Balaban J connectivity index is 1.73. The second-order valence-corrected chi connectivity index (χ2v) is 6.22. The van der Waals surface area contributed by atoms with Crippen molar-refractivity contribution in [3.63, 3.8) is 0 Å². The van der Waals surface area contributed by atoms with Crippen LogP contribution in [0.3, 0.4) is 0 Å². The van der Waals surface area contributed by atoms with Crippen molar-refractivity contribution in [1.29, 1.82) is 0 Å². The standard InChI is InChI=1S/C15H16N4O2S/c1-19(2)15(21)16-7-14-18-12(8-22-14)9-3-4-11-10(5-9)6-13(20)17-11/h3-5,8H,6-7H2,1-2H3,(H,16,21)(H,17,20). The number of nitrogens with zero attached hydrogens (tertiary/aromatic N) is 2. The molecule has 22 heavy (non-hydrogen) atoms. The number of carbonyl (C=O) groups is 2. The fourth-order valence-electron chi connectivity index (χ4n) is 2.22. The third-order valence-electron chi connectivity index (χ3n) is 3.37. The van der Waals surface area contributed by atoms with Crippen molar-refractivity contribution in [2.24, 2.45) is 0 Å².